The molecule has 0 amide bonds. The summed E-state index contributed by atoms with van der Waals surface area (Å²) >= 11 is 3.05. The number of thiazole rings is 1. The van der Waals surface area contributed by atoms with Crippen molar-refractivity contribution in [3.63, 3.8) is 0 Å². The van der Waals surface area contributed by atoms with Crippen LogP contribution in [-0.2, 0) is 6.42 Å². The number of nitrogen functional groups attached to an aromatic ring is 1. The number of hydrogen-bond acceptors (Lipinski definition) is 6. The predicted octanol–water partition coefficient (Wildman–Crippen LogP) is 3.47. The highest BCUT2D eigenvalue weighted by Crippen LogP contribution is 2.37. The molecular formula is C13H12N4S2. The highest BCUT2D eigenvalue weighted by Gasteiger charge is 2.16. The Balaban J connectivity index is 2.09. The average molecular weight is 288 g/mol. The maximum Gasteiger partial charge on any atom is 0.203 e. The molecule has 2 heterocycles. The molecule has 0 atom stereocenters. The van der Waals surface area contributed by atoms with Crippen LogP contribution >= 0.6 is 22.7 Å². The van der Waals surface area contributed by atoms with Gasteiger partial charge in [-0.05, 0) is 6.42 Å². The summed E-state index contributed by atoms with van der Waals surface area (Å²) in [6, 6.07) is 10.2. The fourth-order valence-electron chi connectivity index (χ4n) is 1.79. The minimum atomic E-state index is 0.492. The van der Waals surface area contributed by atoms with E-state index in [0.717, 1.165) is 32.6 Å². The van der Waals surface area contributed by atoms with Crippen molar-refractivity contribution in [1.82, 2.24) is 15.2 Å². The predicted molar refractivity (Wildman–Crippen MR) is 80.2 cm³/mol. The van der Waals surface area contributed by atoms with Gasteiger partial charge in [-0.1, -0.05) is 48.6 Å². The molecule has 0 spiro atoms. The van der Waals surface area contributed by atoms with Gasteiger partial charge in [0.1, 0.15) is 5.01 Å². The van der Waals surface area contributed by atoms with Crippen molar-refractivity contribution < 1.29 is 0 Å². The average Bonchev–Trinajstić information content (AvgIpc) is 3.05. The summed E-state index contributed by atoms with van der Waals surface area (Å²) in [7, 11) is 0. The van der Waals surface area contributed by atoms with Gasteiger partial charge in [0.05, 0.1) is 10.6 Å². The Morgan fingerprint density at radius 1 is 1.05 bits per heavy atom. The van der Waals surface area contributed by atoms with Crippen LogP contribution in [0, 0.1) is 0 Å². The van der Waals surface area contributed by atoms with Crippen LogP contribution in [0.3, 0.4) is 0 Å². The van der Waals surface area contributed by atoms with Gasteiger partial charge in [0.25, 0.3) is 0 Å². The van der Waals surface area contributed by atoms with E-state index in [9.17, 15) is 0 Å². The maximum absolute atomic E-state index is 5.65. The first kappa shape index (κ1) is 12.3. The second-order valence-corrected chi connectivity index (χ2v) is 5.97. The summed E-state index contributed by atoms with van der Waals surface area (Å²) in [5.41, 5.74) is 7.84. The molecule has 0 unspecified atom stereocenters. The maximum atomic E-state index is 5.65. The van der Waals surface area contributed by atoms with Gasteiger partial charge in [-0.15, -0.1) is 21.5 Å². The number of rotatable bonds is 3. The molecule has 0 aliphatic rings. The van der Waals surface area contributed by atoms with Crippen LogP contribution in [0.4, 0.5) is 5.13 Å². The van der Waals surface area contributed by atoms with Crippen LogP contribution in [0.25, 0.3) is 20.5 Å². The fourth-order valence-corrected chi connectivity index (χ4v) is 3.65. The second-order valence-electron chi connectivity index (χ2n) is 3.96. The van der Waals surface area contributed by atoms with Crippen molar-refractivity contribution in [1.29, 1.82) is 0 Å². The minimum Gasteiger partial charge on any atom is -0.374 e. The fraction of sp³-hybridized carbons (Fsp3) is 0.154. The van der Waals surface area contributed by atoms with E-state index in [1.165, 1.54) is 11.3 Å². The first-order valence-corrected chi connectivity index (χ1v) is 7.55. The standard InChI is InChI=1S/C13H12N4S2/c1-2-9-10(12-16-17-13(14)19-12)18-11(15-9)8-6-4-3-5-7-8/h3-7H,2H2,1H3,(H2,14,17). The van der Waals surface area contributed by atoms with Gasteiger partial charge in [0.15, 0.2) is 5.01 Å². The lowest BCUT2D eigenvalue weighted by molar-refractivity contribution is 1.05. The number of hydrogen-bond donors (Lipinski definition) is 1. The van der Waals surface area contributed by atoms with E-state index in [1.807, 2.05) is 18.2 Å². The van der Waals surface area contributed by atoms with Gasteiger partial charge >= 0.3 is 0 Å². The van der Waals surface area contributed by atoms with Gasteiger partial charge in [0.2, 0.25) is 5.13 Å². The Bertz CT molecular complexity index is 688. The van der Waals surface area contributed by atoms with E-state index in [4.69, 9.17) is 10.7 Å². The number of benzene rings is 1. The zero-order valence-corrected chi connectivity index (χ0v) is 12.0. The van der Waals surface area contributed by atoms with E-state index >= 15 is 0 Å². The van der Waals surface area contributed by atoms with Crippen LogP contribution in [0.5, 0.6) is 0 Å². The monoisotopic (exact) mass is 288 g/mol. The quantitative estimate of drug-likeness (QED) is 0.801. The van der Waals surface area contributed by atoms with Crippen LogP contribution in [-0.4, -0.2) is 15.2 Å². The van der Waals surface area contributed by atoms with Crippen LogP contribution in [0.15, 0.2) is 30.3 Å². The Labute approximate surface area is 119 Å². The second kappa shape index (κ2) is 5.07. The van der Waals surface area contributed by atoms with Crippen molar-refractivity contribution in [3.8, 4) is 20.5 Å². The molecule has 1 aromatic carbocycles. The first-order valence-electron chi connectivity index (χ1n) is 5.92. The van der Waals surface area contributed by atoms with E-state index in [0.29, 0.717) is 5.13 Å². The van der Waals surface area contributed by atoms with E-state index in [-0.39, 0.29) is 0 Å². The lowest BCUT2D eigenvalue weighted by Crippen LogP contribution is -1.84. The zero-order chi connectivity index (χ0) is 13.2. The van der Waals surface area contributed by atoms with E-state index in [1.54, 1.807) is 11.3 Å². The lowest BCUT2D eigenvalue weighted by Gasteiger charge is -1.92. The van der Waals surface area contributed by atoms with Gasteiger partial charge < -0.3 is 5.73 Å². The smallest absolute Gasteiger partial charge is 0.203 e. The van der Waals surface area contributed by atoms with Gasteiger partial charge in [-0.2, -0.15) is 0 Å². The number of aryl methyl sites for hydroxylation is 1. The normalized spacial score (nSPS) is 10.8. The highest BCUT2D eigenvalue weighted by molar-refractivity contribution is 7.24. The molecule has 0 fully saturated rings. The summed E-state index contributed by atoms with van der Waals surface area (Å²) in [4.78, 5) is 5.78. The zero-order valence-electron chi connectivity index (χ0n) is 10.3. The molecule has 3 rings (SSSR count). The summed E-state index contributed by atoms with van der Waals surface area (Å²) in [6.45, 7) is 2.09. The van der Waals surface area contributed by atoms with Crippen molar-refractivity contribution in [2.24, 2.45) is 0 Å². The molecule has 0 saturated heterocycles. The SMILES string of the molecule is CCc1nc(-c2ccccc2)sc1-c1nnc(N)s1. The molecule has 0 saturated carbocycles. The third-order valence-electron chi connectivity index (χ3n) is 2.69. The topological polar surface area (TPSA) is 64.7 Å². The summed E-state index contributed by atoms with van der Waals surface area (Å²) in [5.74, 6) is 0. The van der Waals surface area contributed by atoms with E-state index < -0.39 is 0 Å². The van der Waals surface area contributed by atoms with Crippen molar-refractivity contribution in [2.75, 3.05) is 5.73 Å². The van der Waals surface area contributed by atoms with Gasteiger partial charge in [-0.3, -0.25) is 0 Å². The molecule has 4 nitrogen and oxygen atoms in total. The van der Waals surface area contributed by atoms with Crippen molar-refractivity contribution in [2.45, 2.75) is 13.3 Å². The summed E-state index contributed by atoms with van der Waals surface area (Å²) in [6.07, 6.45) is 0.873. The Hall–Kier alpha value is -1.79. The molecule has 96 valence electrons. The van der Waals surface area contributed by atoms with Crippen LogP contribution in [0.2, 0.25) is 0 Å². The van der Waals surface area contributed by atoms with Gasteiger partial charge in [-0.25, -0.2) is 4.98 Å². The number of nitrogens with two attached hydrogens (primary N) is 1. The molecule has 19 heavy (non-hydrogen) atoms. The molecule has 2 aromatic heterocycles. The molecule has 0 aliphatic heterocycles. The number of aromatic nitrogens is 3. The number of nitrogens with zero attached hydrogens (tertiary/aromatic N) is 3. The molecular weight excluding hydrogens is 276 g/mol. The van der Waals surface area contributed by atoms with Crippen molar-refractivity contribution >= 4 is 27.8 Å². The third-order valence-corrected chi connectivity index (χ3v) is 4.74. The summed E-state index contributed by atoms with van der Waals surface area (Å²) < 4.78 is 0. The van der Waals surface area contributed by atoms with Gasteiger partial charge in [0, 0.05) is 5.56 Å². The minimum absolute atomic E-state index is 0.492. The Morgan fingerprint density at radius 3 is 2.47 bits per heavy atom. The lowest BCUT2D eigenvalue weighted by atomic mass is 10.2. The highest BCUT2D eigenvalue weighted by atomic mass is 32.1. The largest absolute Gasteiger partial charge is 0.374 e. The first-order chi connectivity index (χ1) is 9.28. The molecule has 0 bridgehead atoms. The van der Waals surface area contributed by atoms with E-state index in [2.05, 4.69) is 29.3 Å². The summed E-state index contributed by atoms with van der Waals surface area (Å²) in [5, 5.41) is 10.4. The van der Waals surface area contributed by atoms with Crippen molar-refractivity contribution in [3.05, 3.63) is 36.0 Å². The Kier molecular flexibility index (Phi) is 3.27. The number of anilines is 1. The van der Waals surface area contributed by atoms with Crippen LogP contribution in [0.1, 0.15) is 12.6 Å². The molecule has 2 N–H and O–H groups in total. The third kappa shape index (κ3) is 2.36. The molecule has 0 aliphatic carbocycles. The van der Waals surface area contributed by atoms with Crippen LogP contribution < -0.4 is 5.73 Å². The molecule has 3 aromatic rings. The molecule has 0 radical (unpaired) electrons. The Morgan fingerprint density at radius 2 is 1.84 bits per heavy atom. The molecule has 6 heteroatoms.